The van der Waals surface area contributed by atoms with E-state index in [4.69, 9.17) is 0 Å². The second kappa shape index (κ2) is 6.34. The SMILES string of the molecule is Cc1nc(-c2cccs2)sc1CNC(=O)NC12CC3CC(CC(C3)C1)C2. The number of hydrogen-bond acceptors (Lipinski definition) is 4. The van der Waals surface area contributed by atoms with Gasteiger partial charge in [-0.05, 0) is 74.6 Å². The van der Waals surface area contributed by atoms with Gasteiger partial charge in [-0.15, -0.1) is 22.7 Å². The number of nitrogens with zero attached hydrogens (tertiary/aromatic N) is 1. The minimum atomic E-state index is -0.00239. The topological polar surface area (TPSA) is 54.0 Å². The van der Waals surface area contributed by atoms with Gasteiger partial charge in [-0.25, -0.2) is 9.78 Å². The third-order valence-corrected chi connectivity index (χ3v) is 8.65. The summed E-state index contributed by atoms with van der Waals surface area (Å²) in [4.78, 5) is 19.6. The van der Waals surface area contributed by atoms with E-state index in [-0.39, 0.29) is 11.6 Å². The third-order valence-electron chi connectivity index (χ3n) is 6.45. The molecule has 2 N–H and O–H groups in total. The number of aryl methyl sites for hydroxylation is 1. The summed E-state index contributed by atoms with van der Waals surface area (Å²) in [5.74, 6) is 2.54. The molecule has 0 aromatic carbocycles. The summed E-state index contributed by atoms with van der Waals surface area (Å²) in [5, 5.41) is 9.61. The fourth-order valence-corrected chi connectivity index (χ4v) is 7.61. The lowest BCUT2D eigenvalue weighted by Crippen LogP contribution is -2.61. The Morgan fingerprint density at radius 1 is 1.23 bits per heavy atom. The molecular formula is C20H25N3OS2. The Labute approximate surface area is 162 Å². The molecule has 0 atom stereocenters. The Morgan fingerprint density at radius 3 is 2.54 bits per heavy atom. The number of thiazole rings is 1. The first-order valence-electron chi connectivity index (χ1n) is 9.65. The van der Waals surface area contributed by atoms with Gasteiger partial charge in [0.2, 0.25) is 0 Å². The summed E-state index contributed by atoms with van der Waals surface area (Å²) < 4.78 is 0. The molecule has 0 saturated heterocycles. The van der Waals surface area contributed by atoms with Gasteiger partial charge < -0.3 is 10.6 Å². The van der Waals surface area contributed by atoms with E-state index in [1.807, 2.05) is 13.0 Å². The van der Waals surface area contributed by atoms with Gasteiger partial charge in [-0.1, -0.05) is 6.07 Å². The van der Waals surface area contributed by atoms with Gasteiger partial charge in [0.15, 0.2) is 0 Å². The van der Waals surface area contributed by atoms with Crippen molar-refractivity contribution in [2.45, 2.75) is 57.5 Å². The van der Waals surface area contributed by atoms with Gasteiger partial charge >= 0.3 is 6.03 Å². The van der Waals surface area contributed by atoms with Crippen LogP contribution in [0.2, 0.25) is 0 Å². The molecule has 26 heavy (non-hydrogen) atoms. The summed E-state index contributed by atoms with van der Waals surface area (Å²) in [7, 11) is 0. The monoisotopic (exact) mass is 387 g/mol. The van der Waals surface area contributed by atoms with Crippen molar-refractivity contribution in [2.24, 2.45) is 17.8 Å². The fraction of sp³-hybridized carbons (Fsp3) is 0.600. The lowest BCUT2D eigenvalue weighted by atomic mass is 9.53. The average Bonchev–Trinajstić information content (AvgIpc) is 3.20. The van der Waals surface area contributed by atoms with Crippen LogP contribution >= 0.6 is 22.7 Å². The molecule has 2 aromatic heterocycles. The first kappa shape index (κ1) is 16.8. The van der Waals surface area contributed by atoms with E-state index >= 15 is 0 Å². The molecular weight excluding hydrogens is 362 g/mol. The van der Waals surface area contributed by atoms with Crippen molar-refractivity contribution in [3.63, 3.8) is 0 Å². The molecule has 2 aromatic rings. The number of rotatable bonds is 4. The molecule has 2 amide bonds. The van der Waals surface area contributed by atoms with Crippen molar-refractivity contribution < 1.29 is 4.79 Å². The van der Waals surface area contributed by atoms with Crippen LogP contribution in [0.25, 0.3) is 9.88 Å². The number of amides is 2. The maximum atomic E-state index is 12.6. The zero-order valence-electron chi connectivity index (χ0n) is 15.1. The molecule has 0 spiro atoms. The minimum Gasteiger partial charge on any atom is -0.333 e. The maximum absolute atomic E-state index is 12.6. The molecule has 6 heteroatoms. The van der Waals surface area contributed by atoms with Gasteiger partial charge in [-0.3, -0.25) is 0 Å². The maximum Gasteiger partial charge on any atom is 0.315 e. The van der Waals surface area contributed by atoms with Crippen LogP contribution in [-0.2, 0) is 6.54 Å². The molecule has 6 rings (SSSR count). The van der Waals surface area contributed by atoms with Crippen molar-refractivity contribution in [1.82, 2.24) is 15.6 Å². The average molecular weight is 388 g/mol. The predicted molar refractivity (Wildman–Crippen MR) is 106 cm³/mol. The standard InChI is InChI=1S/C20H25N3OS2/c1-12-17(26-18(22-12)16-3-2-4-25-16)11-21-19(24)23-20-8-13-5-14(9-20)7-15(6-13)10-20/h2-4,13-15H,5-11H2,1H3,(H2,21,23,24). The van der Waals surface area contributed by atoms with Crippen molar-refractivity contribution in [2.75, 3.05) is 0 Å². The van der Waals surface area contributed by atoms with Crippen LogP contribution < -0.4 is 10.6 Å². The second-order valence-electron chi connectivity index (χ2n) is 8.51. The van der Waals surface area contributed by atoms with Crippen LogP contribution in [0, 0.1) is 24.7 Å². The van der Waals surface area contributed by atoms with E-state index in [0.717, 1.165) is 33.3 Å². The highest BCUT2D eigenvalue weighted by Gasteiger charge is 2.51. The molecule has 0 radical (unpaired) electrons. The molecule has 4 bridgehead atoms. The number of carbonyl (C=O) groups excluding carboxylic acids is 1. The molecule has 4 fully saturated rings. The molecule has 4 nitrogen and oxygen atoms in total. The van der Waals surface area contributed by atoms with Gasteiger partial charge in [-0.2, -0.15) is 0 Å². The van der Waals surface area contributed by atoms with Gasteiger partial charge in [0.1, 0.15) is 5.01 Å². The fourth-order valence-electron chi connectivity index (χ4n) is 5.81. The number of hydrogen-bond donors (Lipinski definition) is 2. The van der Waals surface area contributed by atoms with Crippen LogP contribution in [0.4, 0.5) is 4.79 Å². The van der Waals surface area contributed by atoms with E-state index in [1.54, 1.807) is 22.7 Å². The highest BCUT2D eigenvalue weighted by atomic mass is 32.1. The molecule has 0 aliphatic heterocycles. The number of nitrogens with one attached hydrogen (secondary N) is 2. The molecule has 4 aliphatic carbocycles. The number of carbonyl (C=O) groups is 1. The molecule has 4 aliphatic rings. The Kier molecular flexibility index (Phi) is 4.09. The normalized spacial score (nSPS) is 32.0. The second-order valence-corrected chi connectivity index (χ2v) is 10.5. The quantitative estimate of drug-likeness (QED) is 0.780. The Hall–Kier alpha value is -1.40. The van der Waals surface area contributed by atoms with Crippen molar-refractivity contribution in [1.29, 1.82) is 0 Å². The summed E-state index contributed by atoms with van der Waals surface area (Å²) in [6.45, 7) is 2.59. The highest BCUT2D eigenvalue weighted by molar-refractivity contribution is 7.21. The molecule has 0 unspecified atom stereocenters. The summed E-state index contributed by atoms with van der Waals surface area (Å²) in [5.41, 5.74) is 1.09. The zero-order valence-corrected chi connectivity index (χ0v) is 16.7. The number of aromatic nitrogens is 1. The van der Waals surface area contributed by atoms with Crippen LogP contribution in [0.3, 0.4) is 0 Å². The highest BCUT2D eigenvalue weighted by Crippen LogP contribution is 2.55. The van der Waals surface area contributed by atoms with Crippen LogP contribution in [-0.4, -0.2) is 16.6 Å². The number of urea groups is 1. The Bertz CT molecular complexity index is 776. The van der Waals surface area contributed by atoms with Gasteiger partial charge in [0.05, 0.1) is 17.1 Å². The minimum absolute atomic E-state index is 0.00239. The first-order valence-corrected chi connectivity index (χ1v) is 11.3. The van der Waals surface area contributed by atoms with Gasteiger partial charge in [0.25, 0.3) is 0 Å². The summed E-state index contributed by atoms with van der Waals surface area (Å²) in [6, 6.07) is 4.14. The molecule has 2 heterocycles. The summed E-state index contributed by atoms with van der Waals surface area (Å²) >= 11 is 3.39. The smallest absolute Gasteiger partial charge is 0.315 e. The predicted octanol–water partition coefficient (Wildman–Crippen LogP) is 4.95. The van der Waals surface area contributed by atoms with Crippen LogP contribution in [0.15, 0.2) is 17.5 Å². The van der Waals surface area contributed by atoms with Gasteiger partial charge in [0, 0.05) is 10.4 Å². The number of thiophene rings is 1. The largest absolute Gasteiger partial charge is 0.333 e. The first-order chi connectivity index (χ1) is 12.6. The zero-order chi connectivity index (χ0) is 17.7. The lowest BCUT2D eigenvalue weighted by molar-refractivity contribution is -0.0135. The third kappa shape index (κ3) is 3.07. The van der Waals surface area contributed by atoms with E-state index in [9.17, 15) is 4.79 Å². The van der Waals surface area contributed by atoms with Crippen molar-refractivity contribution >= 4 is 28.7 Å². The van der Waals surface area contributed by atoms with Crippen molar-refractivity contribution in [3.8, 4) is 9.88 Å². The van der Waals surface area contributed by atoms with E-state index in [0.29, 0.717) is 6.54 Å². The van der Waals surface area contributed by atoms with E-state index < -0.39 is 0 Å². The summed E-state index contributed by atoms with van der Waals surface area (Å²) in [6.07, 6.45) is 7.76. The lowest BCUT2D eigenvalue weighted by Gasteiger charge is -2.56. The van der Waals surface area contributed by atoms with Crippen LogP contribution in [0.5, 0.6) is 0 Å². The molecule has 4 saturated carbocycles. The van der Waals surface area contributed by atoms with E-state index in [1.165, 1.54) is 43.4 Å². The Balaban J connectivity index is 1.22. The molecule has 138 valence electrons. The Morgan fingerprint density at radius 2 is 1.92 bits per heavy atom. The van der Waals surface area contributed by atoms with Crippen LogP contribution in [0.1, 0.15) is 49.1 Å². The van der Waals surface area contributed by atoms with Crippen molar-refractivity contribution in [3.05, 3.63) is 28.1 Å². The van der Waals surface area contributed by atoms with E-state index in [2.05, 4.69) is 27.1 Å².